The van der Waals surface area contributed by atoms with Gasteiger partial charge in [0.1, 0.15) is 12.4 Å². The van der Waals surface area contributed by atoms with E-state index in [1.807, 2.05) is 6.07 Å². The van der Waals surface area contributed by atoms with E-state index in [1.165, 1.54) is 0 Å². The second-order valence-corrected chi connectivity index (χ2v) is 6.81. The molecule has 0 radical (unpaired) electrons. The highest BCUT2D eigenvalue weighted by molar-refractivity contribution is 5.73. The molecule has 0 bridgehead atoms. The molecule has 1 aromatic carbocycles. The van der Waals surface area contributed by atoms with Crippen LogP contribution >= 0.6 is 0 Å². The molecule has 1 atom stereocenters. The van der Waals surface area contributed by atoms with Crippen molar-refractivity contribution >= 4 is 5.97 Å². The van der Waals surface area contributed by atoms with Crippen molar-refractivity contribution < 1.29 is 19.0 Å². The Balaban J connectivity index is 2.74. The summed E-state index contributed by atoms with van der Waals surface area (Å²) in [5.74, 6) is -0.115. The number of benzene rings is 1. The molecule has 0 aliphatic rings. The zero-order valence-corrected chi connectivity index (χ0v) is 15.9. The number of carbonyl (C=O) groups is 1. The van der Waals surface area contributed by atoms with Crippen LogP contribution in [0.3, 0.4) is 0 Å². The number of azide groups is 1. The van der Waals surface area contributed by atoms with E-state index in [1.54, 1.807) is 19.1 Å². The van der Waals surface area contributed by atoms with E-state index < -0.39 is 5.97 Å². The van der Waals surface area contributed by atoms with Crippen LogP contribution in [0.2, 0.25) is 0 Å². The number of esters is 1. The number of rotatable bonds is 10. The van der Waals surface area contributed by atoms with Crippen molar-refractivity contribution in [3.8, 4) is 5.75 Å². The molecule has 0 heterocycles. The number of hydrogen-bond donors (Lipinski definition) is 1. The molecular formula is C18H28N4O4. The van der Waals surface area contributed by atoms with E-state index >= 15 is 0 Å². The van der Waals surface area contributed by atoms with Gasteiger partial charge in [-0.1, -0.05) is 38.9 Å². The Kier molecular flexibility index (Phi) is 9.09. The summed E-state index contributed by atoms with van der Waals surface area (Å²) >= 11 is 0. The normalized spacial score (nSPS) is 12.3. The van der Waals surface area contributed by atoms with Crippen LogP contribution in [0.4, 0.5) is 0 Å². The molecule has 1 unspecified atom stereocenters. The van der Waals surface area contributed by atoms with Crippen LogP contribution in [0, 0.1) is 0 Å². The largest absolute Gasteiger partial charge is 0.425 e. The molecule has 0 aromatic heterocycles. The predicted octanol–water partition coefficient (Wildman–Crippen LogP) is 3.25. The third-order valence-electron chi connectivity index (χ3n) is 3.59. The van der Waals surface area contributed by atoms with Crippen LogP contribution < -0.4 is 10.5 Å². The summed E-state index contributed by atoms with van der Waals surface area (Å²) in [5.41, 5.74) is 15.7. The Morgan fingerprint density at radius 2 is 1.96 bits per heavy atom. The molecule has 2 N–H and O–H groups in total. The third kappa shape index (κ3) is 7.41. The van der Waals surface area contributed by atoms with Gasteiger partial charge >= 0.3 is 5.97 Å². The van der Waals surface area contributed by atoms with E-state index in [9.17, 15) is 4.79 Å². The van der Waals surface area contributed by atoms with Crippen molar-refractivity contribution in [2.45, 2.75) is 39.2 Å². The van der Waals surface area contributed by atoms with Gasteiger partial charge in [0.2, 0.25) is 0 Å². The fourth-order valence-corrected chi connectivity index (χ4v) is 2.39. The summed E-state index contributed by atoms with van der Waals surface area (Å²) in [6, 6.07) is 4.99. The minimum atomic E-state index is -0.505. The first-order valence-electron chi connectivity index (χ1n) is 8.54. The van der Waals surface area contributed by atoms with Crippen LogP contribution in [0.25, 0.3) is 10.4 Å². The van der Waals surface area contributed by atoms with Gasteiger partial charge in [0.25, 0.3) is 0 Å². The van der Waals surface area contributed by atoms with Crippen molar-refractivity contribution in [3.63, 3.8) is 0 Å². The first-order valence-corrected chi connectivity index (χ1v) is 8.54. The molecule has 26 heavy (non-hydrogen) atoms. The molecule has 0 aliphatic heterocycles. The number of nitrogens with two attached hydrogens (primary N) is 1. The molecule has 0 saturated heterocycles. The molecule has 0 spiro atoms. The van der Waals surface area contributed by atoms with Crippen LogP contribution in [-0.2, 0) is 19.7 Å². The summed E-state index contributed by atoms with van der Waals surface area (Å²) in [4.78, 5) is 14.8. The summed E-state index contributed by atoms with van der Waals surface area (Å²) in [6.07, 6.45) is 0. The average molecular weight is 364 g/mol. The maximum Gasteiger partial charge on any atom is 0.337 e. The van der Waals surface area contributed by atoms with Crippen LogP contribution in [0.1, 0.15) is 44.9 Å². The molecular weight excluding hydrogens is 336 g/mol. The number of ether oxygens (including phenoxy) is 3. The summed E-state index contributed by atoms with van der Waals surface area (Å²) in [7, 11) is 0. The Morgan fingerprint density at radius 3 is 2.58 bits per heavy atom. The van der Waals surface area contributed by atoms with E-state index in [4.69, 9.17) is 25.5 Å². The topological polar surface area (TPSA) is 120 Å². The lowest BCUT2D eigenvalue weighted by molar-refractivity contribution is -0.140. The maximum absolute atomic E-state index is 11.9. The Morgan fingerprint density at radius 1 is 1.27 bits per heavy atom. The smallest absolute Gasteiger partial charge is 0.337 e. The quantitative estimate of drug-likeness (QED) is 0.171. The lowest BCUT2D eigenvalue weighted by Crippen LogP contribution is -2.19. The SMILES string of the molecule is CC(N=[N+]=[N-])c1cc(OC(=O)COCCOCCN)ccc1C(C)(C)C. The van der Waals surface area contributed by atoms with Crippen LogP contribution in [-0.4, -0.2) is 38.9 Å². The van der Waals surface area contributed by atoms with E-state index in [2.05, 4.69) is 30.8 Å². The predicted molar refractivity (Wildman–Crippen MR) is 99.0 cm³/mol. The maximum atomic E-state index is 11.9. The monoisotopic (exact) mass is 364 g/mol. The van der Waals surface area contributed by atoms with Crippen LogP contribution in [0.5, 0.6) is 5.75 Å². The van der Waals surface area contributed by atoms with Gasteiger partial charge in [-0.15, -0.1) is 0 Å². The minimum absolute atomic E-state index is 0.135. The van der Waals surface area contributed by atoms with Crippen molar-refractivity contribution in [1.29, 1.82) is 0 Å². The number of carbonyl (C=O) groups excluding carboxylic acids is 1. The lowest BCUT2D eigenvalue weighted by atomic mass is 9.82. The van der Waals surface area contributed by atoms with Gasteiger partial charge in [0.05, 0.1) is 25.9 Å². The molecule has 0 saturated carbocycles. The van der Waals surface area contributed by atoms with E-state index in [0.29, 0.717) is 25.5 Å². The molecule has 1 rings (SSSR count). The van der Waals surface area contributed by atoms with Crippen molar-refractivity contribution in [1.82, 2.24) is 0 Å². The molecule has 0 aliphatic carbocycles. The van der Waals surface area contributed by atoms with Gasteiger partial charge in [-0.3, -0.25) is 0 Å². The number of nitrogens with zero attached hydrogens (tertiary/aromatic N) is 3. The summed E-state index contributed by atoms with van der Waals surface area (Å²) in [6.45, 7) is 9.41. The van der Waals surface area contributed by atoms with Crippen LogP contribution in [0.15, 0.2) is 23.3 Å². The highest BCUT2D eigenvalue weighted by Crippen LogP contribution is 2.34. The van der Waals surface area contributed by atoms with E-state index in [-0.39, 0.29) is 24.7 Å². The van der Waals surface area contributed by atoms with Crippen molar-refractivity contribution in [2.24, 2.45) is 10.8 Å². The first kappa shape index (κ1) is 21.9. The zero-order valence-electron chi connectivity index (χ0n) is 15.9. The lowest BCUT2D eigenvalue weighted by Gasteiger charge is -2.25. The summed E-state index contributed by atoms with van der Waals surface area (Å²) in [5, 5.41) is 3.77. The van der Waals surface area contributed by atoms with Crippen molar-refractivity contribution in [2.75, 3.05) is 33.0 Å². The second kappa shape index (κ2) is 10.8. The van der Waals surface area contributed by atoms with Gasteiger partial charge in [0.15, 0.2) is 0 Å². The highest BCUT2D eigenvalue weighted by atomic mass is 16.6. The van der Waals surface area contributed by atoms with Gasteiger partial charge in [0, 0.05) is 11.5 Å². The molecule has 0 amide bonds. The van der Waals surface area contributed by atoms with Gasteiger partial charge in [-0.25, -0.2) is 4.79 Å². The minimum Gasteiger partial charge on any atom is -0.425 e. The Hall–Kier alpha value is -2.12. The average Bonchev–Trinajstić information content (AvgIpc) is 2.57. The fraction of sp³-hybridized carbons (Fsp3) is 0.611. The second-order valence-electron chi connectivity index (χ2n) is 6.81. The molecule has 8 heteroatoms. The summed E-state index contributed by atoms with van der Waals surface area (Å²) < 4.78 is 15.7. The zero-order chi connectivity index (χ0) is 19.6. The van der Waals surface area contributed by atoms with Gasteiger partial charge < -0.3 is 19.9 Å². The number of hydrogen-bond acceptors (Lipinski definition) is 6. The fourth-order valence-electron chi connectivity index (χ4n) is 2.39. The third-order valence-corrected chi connectivity index (χ3v) is 3.59. The molecule has 8 nitrogen and oxygen atoms in total. The van der Waals surface area contributed by atoms with Gasteiger partial charge in [-0.05, 0) is 34.2 Å². The first-order chi connectivity index (χ1) is 12.3. The highest BCUT2D eigenvalue weighted by Gasteiger charge is 2.21. The Bertz CT molecular complexity index is 637. The molecule has 144 valence electrons. The molecule has 1 aromatic rings. The van der Waals surface area contributed by atoms with E-state index in [0.717, 1.165) is 11.1 Å². The standard InChI is InChI=1S/C18H28N4O4/c1-13(21-22-20)15-11-14(5-6-16(15)18(2,3)4)26-17(23)12-25-10-9-24-8-7-19/h5-6,11,13H,7-10,12,19H2,1-4H3. The molecule has 0 fully saturated rings. The Labute approximate surface area is 154 Å². The van der Waals surface area contributed by atoms with Crippen molar-refractivity contribution in [3.05, 3.63) is 39.8 Å². The van der Waals surface area contributed by atoms with Gasteiger partial charge in [-0.2, -0.15) is 0 Å².